The van der Waals surface area contributed by atoms with Crippen LogP contribution >= 0.6 is 0 Å². The molecule has 0 bridgehead atoms. The molecular weight excluding hydrogens is 188 g/mol. The number of ketones is 1. The third kappa shape index (κ3) is 3.08. The first-order valence-corrected chi connectivity index (χ1v) is 5.29. The molecule has 1 aromatic rings. The van der Waals surface area contributed by atoms with Gasteiger partial charge in [0.05, 0.1) is 0 Å². The summed E-state index contributed by atoms with van der Waals surface area (Å²) in [4.78, 5) is 11.2. The fourth-order valence-corrected chi connectivity index (χ4v) is 1.54. The zero-order chi connectivity index (χ0) is 11.4. The van der Waals surface area contributed by atoms with Gasteiger partial charge in [-0.15, -0.1) is 0 Å². The van der Waals surface area contributed by atoms with Crippen LogP contribution in [0.25, 0.3) is 0 Å². The van der Waals surface area contributed by atoms with Crippen LogP contribution in [0.3, 0.4) is 0 Å². The van der Waals surface area contributed by atoms with Crippen molar-refractivity contribution >= 4 is 5.78 Å². The van der Waals surface area contributed by atoms with E-state index in [9.17, 15) is 4.79 Å². The minimum Gasteiger partial charge on any atom is -0.482 e. The summed E-state index contributed by atoms with van der Waals surface area (Å²) in [6.45, 7) is 7.56. The fourth-order valence-electron chi connectivity index (χ4n) is 1.54. The van der Waals surface area contributed by atoms with Crippen molar-refractivity contribution in [1.29, 1.82) is 0 Å². The van der Waals surface area contributed by atoms with E-state index in [1.54, 1.807) is 6.92 Å². The van der Waals surface area contributed by atoms with Crippen molar-refractivity contribution in [2.75, 3.05) is 0 Å². The number of ether oxygens (including phenoxy) is 1. The van der Waals surface area contributed by atoms with Gasteiger partial charge in [0.25, 0.3) is 0 Å². The number of hydrogen-bond donors (Lipinski definition) is 0. The van der Waals surface area contributed by atoms with Crippen molar-refractivity contribution in [3.8, 4) is 5.75 Å². The lowest BCUT2D eigenvalue weighted by Crippen LogP contribution is -2.24. The van der Waals surface area contributed by atoms with Gasteiger partial charge < -0.3 is 4.74 Å². The van der Waals surface area contributed by atoms with Crippen LogP contribution in [0, 0.1) is 13.8 Å². The highest BCUT2D eigenvalue weighted by Crippen LogP contribution is 2.20. The molecule has 15 heavy (non-hydrogen) atoms. The van der Waals surface area contributed by atoms with Gasteiger partial charge in [-0.2, -0.15) is 0 Å². The maximum Gasteiger partial charge on any atom is 0.170 e. The van der Waals surface area contributed by atoms with E-state index in [-0.39, 0.29) is 11.9 Å². The summed E-state index contributed by atoms with van der Waals surface area (Å²) in [6, 6.07) is 5.98. The molecule has 0 heterocycles. The predicted octanol–water partition coefficient (Wildman–Crippen LogP) is 3.05. The monoisotopic (exact) mass is 206 g/mol. The van der Waals surface area contributed by atoms with Gasteiger partial charge in [-0.1, -0.05) is 24.6 Å². The SMILES string of the molecule is CCC(Oc1ccc(C)cc1C)C(C)=O. The smallest absolute Gasteiger partial charge is 0.170 e. The van der Waals surface area contributed by atoms with E-state index in [1.165, 1.54) is 5.56 Å². The largest absolute Gasteiger partial charge is 0.482 e. The van der Waals surface area contributed by atoms with Gasteiger partial charge in [0, 0.05) is 0 Å². The zero-order valence-corrected chi connectivity index (χ0v) is 9.83. The molecule has 2 heteroatoms. The number of hydrogen-bond acceptors (Lipinski definition) is 2. The Labute approximate surface area is 91.3 Å². The number of aryl methyl sites for hydroxylation is 2. The van der Waals surface area contributed by atoms with Crippen molar-refractivity contribution in [3.05, 3.63) is 29.3 Å². The number of Topliss-reactive ketones (excluding diaryl/α,β-unsaturated/α-hetero) is 1. The molecule has 0 radical (unpaired) electrons. The first-order valence-electron chi connectivity index (χ1n) is 5.29. The lowest BCUT2D eigenvalue weighted by Gasteiger charge is -2.16. The van der Waals surface area contributed by atoms with E-state index in [2.05, 4.69) is 6.07 Å². The third-order valence-corrected chi connectivity index (χ3v) is 2.42. The minimum absolute atomic E-state index is 0.0810. The summed E-state index contributed by atoms with van der Waals surface area (Å²) in [5.41, 5.74) is 2.28. The average Bonchev–Trinajstić information content (AvgIpc) is 2.16. The summed E-state index contributed by atoms with van der Waals surface area (Å²) in [5.74, 6) is 0.889. The Kier molecular flexibility index (Phi) is 3.89. The molecule has 0 aliphatic carbocycles. The number of carbonyl (C=O) groups is 1. The van der Waals surface area contributed by atoms with Gasteiger partial charge in [-0.05, 0) is 38.8 Å². The van der Waals surface area contributed by atoms with E-state index in [1.807, 2.05) is 32.9 Å². The second kappa shape index (κ2) is 4.96. The maximum atomic E-state index is 11.2. The standard InChI is InChI=1S/C13H18O2/c1-5-12(11(4)14)15-13-7-6-9(2)8-10(13)3/h6-8,12H,5H2,1-4H3. The van der Waals surface area contributed by atoms with Gasteiger partial charge in [-0.25, -0.2) is 0 Å². The second-order valence-electron chi connectivity index (χ2n) is 3.89. The van der Waals surface area contributed by atoms with Crippen LogP contribution in [-0.2, 0) is 4.79 Å². The van der Waals surface area contributed by atoms with Crippen molar-refractivity contribution in [1.82, 2.24) is 0 Å². The number of benzene rings is 1. The second-order valence-corrected chi connectivity index (χ2v) is 3.89. The van der Waals surface area contributed by atoms with Crippen LogP contribution in [0.4, 0.5) is 0 Å². The minimum atomic E-state index is -0.314. The van der Waals surface area contributed by atoms with Gasteiger partial charge >= 0.3 is 0 Å². The van der Waals surface area contributed by atoms with Crippen LogP contribution < -0.4 is 4.74 Å². The molecule has 82 valence electrons. The highest BCUT2D eigenvalue weighted by molar-refractivity contribution is 5.80. The summed E-state index contributed by atoms with van der Waals surface area (Å²) in [6.07, 6.45) is 0.397. The lowest BCUT2D eigenvalue weighted by atomic mass is 10.1. The first kappa shape index (κ1) is 11.8. The molecular formula is C13H18O2. The molecule has 0 aliphatic heterocycles. The molecule has 0 saturated heterocycles. The highest BCUT2D eigenvalue weighted by atomic mass is 16.5. The Morgan fingerprint density at radius 3 is 2.53 bits per heavy atom. The van der Waals surface area contributed by atoms with E-state index in [4.69, 9.17) is 4.74 Å². The molecule has 0 amide bonds. The Morgan fingerprint density at radius 1 is 1.40 bits per heavy atom. The summed E-state index contributed by atoms with van der Waals surface area (Å²) >= 11 is 0. The van der Waals surface area contributed by atoms with E-state index >= 15 is 0 Å². The molecule has 1 atom stereocenters. The van der Waals surface area contributed by atoms with Crippen LogP contribution in [0.15, 0.2) is 18.2 Å². The molecule has 1 unspecified atom stereocenters. The molecule has 0 N–H and O–H groups in total. The Balaban J connectivity index is 2.84. The van der Waals surface area contributed by atoms with E-state index in [0.717, 1.165) is 11.3 Å². The normalized spacial score (nSPS) is 12.3. The van der Waals surface area contributed by atoms with Crippen LogP contribution in [0.5, 0.6) is 5.75 Å². The molecule has 0 aliphatic rings. The molecule has 0 aromatic heterocycles. The fraction of sp³-hybridized carbons (Fsp3) is 0.462. The molecule has 1 rings (SSSR count). The zero-order valence-electron chi connectivity index (χ0n) is 9.83. The van der Waals surface area contributed by atoms with Crippen molar-refractivity contribution in [3.63, 3.8) is 0 Å². The molecule has 0 fully saturated rings. The Hall–Kier alpha value is -1.31. The van der Waals surface area contributed by atoms with Crippen LogP contribution in [0.1, 0.15) is 31.4 Å². The lowest BCUT2D eigenvalue weighted by molar-refractivity contribution is -0.123. The molecule has 2 nitrogen and oxygen atoms in total. The summed E-state index contributed by atoms with van der Waals surface area (Å²) in [7, 11) is 0. The number of carbonyl (C=O) groups excluding carboxylic acids is 1. The van der Waals surface area contributed by atoms with E-state index < -0.39 is 0 Å². The number of rotatable bonds is 4. The first-order chi connectivity index (χ1) is 7.04. The molecule has 0 spiro atoms. The van der Waals surface area contributed by atoms with E-state index in [0.29, 0.717) is 6.42 Å². The van der Waals surface area contributed by atoms with Crippen molar-refractivity contribution in [2.24, 2.45) is 0 Å². The molecule has 1 aromatic carbocycles. The van der Waals surface area contributed by atoms with Gasteiger partial charge in [0.1, 0.15) is 5.75 Å². The Morgan fingerprint density at radius 2 is 2.07 bits per heavy atom. The quantitative estimate of drug-likeness (QED) is 0.756. The van der Waals surface area contributed by atoms with Gasteiger partial charge in [-0.3, -0.25) is 4.79 Å². The summed E-state index contributed by atoms with van der Waals surface area (Å²) < 4.78 is 5.66. The summed E-state index contributed by atoms with van der Waals surface area (Å²) in [5, 5.41) is 0. The van der Waals surface area contributed by atoms with Crippen LogP contribution in [0.2, 0.25) is 0 Å². The predicted molar refractivity (Wildman–Crippen MR) is 61.3 cm³/mol. The van der Waals surface area contributed by atoms with Crippen molar-refractivity contribution < 1.29 is 9.53 Å². The van der Waals surface area contributed by atoms with Gasteiger partial charge in [0.2, 0.25) is 0 Å². The highest BCUT2D eigenvalue weighted by Gasteiger charge is 2.14. The Bertz CT molecular complexity index is 356. The topological polar surface area (TPSA) is 26.3 Å². The van der Waals surface area contributed by atoms with Crippen molar-refractivity contribution in [2.45, 2.75) is 40.2 Å². The average molecular weight is 206 g/mol. The third-order valence-electron chi connectivity index (χ3n) is 2.42. The van der Waals surface area contributed by atoms with Crippen LogP contribution in [-0.4, -0.2) is 11.9 Å². The maximum absolute atomic E-state index is 11.2. The molecule has 0 saturated carbocycles. The van der Waals surface area contributed by atoms with Gasteiger partial charge in [0.15, 0.2) is 11.9 Å².